The normalized spacial score (nSPS) is 12.4. The van der Waals surface area contributed by atoms with Gasteiger partial charge in [-0.05, 0) is 46.6 Å². The average molecular weight is 326 g/mol. The highest BCUT2D eigenvalue weighted by Gasteiger charge is 2.12. The summed E-state index contributed by atoms with van der Waals surface area (Å²) in [4.78, 5) is 4.37. The number of halogens is 1. The Morgan fingerprint density at radius 2 is 2.26 bits per heavy atom. The Morgan fingerprint density at radius 3 is 2.89 bits per heavy atom. The van der Waals surface area contributed by atoms with E-state index in [1.54, 1.807) is 7.11 Å². The van der Waals surface area contributed by atoms with Crippen molar-refractivity contribution < 1.29 is 9.26 Å². The Balaban J connectivity index is 2.20. The largest absolute Gasteiger partial charge is 0.496 e. The minimum absolute atomic E-state index is 0.330. The van der Waals surface area contributed by atoms with Crippen LogP contribution in [0.3, 0.4) is 0 Å². The van der Waals surface area contributed by atoms with Gasteiger partial charge in [-0.2, -0.15) is 4.98 Å². The molecular weight excluding hydrogens is 310 g/mol. The van der Waals surface area contributed by atoms with Crippen molar-refractivity contribution in [2.24, 2.45) is 11.7 Å². The molecule has 0 spiro atoms. The lowest BCUT2D eigenvalue weighted by Crippen LogP contribution is -2.13. The molecule has 1 aromatic carbocycles. The number of benzene rings is 1. The van der Waals surface area contributed by atoms with Crippen molar-refractivity contribution in [3.05, 3.63) is 28.6 Å². The molecule has 2 N–H and O–H groups in total. The maximum Gasteiger partial charge on any atom is 0.227 e. The Hall–Kier alpha value is -1.40. The molecule has 1 atom stereocenters. The highest BCUT2D eigenvalue weighted by Crippen LogP contribution is 2.29. The van der Waals surface area contributed by atoms with Gasteiger partial charge in [0.05, 0.1) is 11.6 Å². The number of rotatable bonds is 5. The zero-order chi connectivity index (χ0) is 13.8. The molecule has 0 bridgehead atoms. The van der Waals surface area contributed by atoms with Crippen LogP contribution in [0.15, 0.2) is 27.2 Å². The first-order valence-electron chi connectivity index (χ1n) is 6.00. The zero-order valence-corrected chi connectivity index (χ0v) is 12.5. The van der Waals surface area contributed by atoms with E-state index in [2.05, 4.69) is 26.1 Å². The first-order valence-corrected chi connectivity index (χ1v) is 6.80. The van der Waals surface area contributed by atoms with Crippen molar-refractivity contribution in [2.75, 3.05) is 13.7 Å². The smallest absolute Gasteiger partial charge is 0.227 e. The van der Waals surface area contributed by atoms with E-state index in [0.29, 0.717) is 30.6 Å². The van der Waals surface area contributed by atoms with E-state index in [4.69, 9.17) is 15.0 Å². The molecule has 5 nitrogen and oxygen atoms in total. The maximum atomic E-state index is 5.58. The van der Waals surface area contributed by atoms with Gasteiger partial charge in [-0.15, -0.1) is 0 Å². The molecule has 0 aliphatic rings. The summed E-state index contributed by atoms with van der Waals surface area (Å²) in [6.07, 6.45) is 0.695. The lowest BCUT2D eigenvalue weighted by molar-refractivity contribution is 0.359. The van der Waals surface area contributed by atoms with Crippen molar-refractivity contribution >= 4 is 15.9 Å². The van der Waals surface area contributed by atoms with Crippen LogP contribution in [-0.2, 0) is 6.42 Å². The summed E-state index contributed by atoms with van der Waals surface area (Å²) in [5, 5.41) is 3.98. The maximum absolute atomic E-state index is 5.58. The molecule has 0 saturated carbocycles. The monoisotopic (exact) mass is 325 g/mol. The average Bonchev–Trinajstić information content (AvgIpc) is 2.87. The molecule has 2 rings (SSSR count). The second-order valence-electron chi connectivity index (χ2n) is 4.41. The van der Waals surface area contributed by atoms with Crippen LogP contribution < -0.4 is 10.5 Å². The molecule has 19 heavy (non-hydrogen) atoms. The Morgan fingerprint density at radius 1 is 1.47 bits per heavy atom. The molecule has 1 unspecified atom stereocenters. The van der Waals surface area contributed by atoms with Crippen molar-refractivity contribution in [3.63, 3.8) is 0 Å². The van der Waals surface area contributed by atoms with Crippen LogP contribution in [0.4, 0.5) is 0 Å². The van der Waals surface area contributed by atoms with Gasteiger partial charge in [-0.3, -0.25) is 0 Å². The highest BCUT2D eigenvalue weighted by molar-refractivity contribution is 9.10. The summed E-state index contributed by atoms with van der Waals surface area (Å²) in [6.45, 7) is 2.65. The minimum atomic E-state index is 0.330. The van der Waals surface area contributed by atoms with Gasteiger partial charge in [0.2, 0.25) is 11.7 Å². The second-order valence-corrected chi connectivity index (χ2v) is 5.26. The molecule has 0 saturated heterocycles. The number of ether oxygens (including phenoxy) is 1. The Kier molecular flexibility index (Phi) is 4.55. The lowest BCUT2D eigenvalue weighted by atomic mass is 10.1. The van der Waals surface area contributed by atoms with Gasteiger partial charge in [-0.25, -0.2) is 0 Å². The van der Waals surface area contributed by atoms with E-state index in [1.807, 2.05) is 25.1 Å². The SMILES string of the molecule is COc1ccc(-c2noc(CC(C)CN)n2)cc1Br. The van der Waals surface area contributed by atoms with Crippen LogP contribution in [0.25, 0.3) is 11.4 Å². The molecule has 0 fully saturated rings. The van der Waals surface area contributed by atoms with Crippen LogP contribution in [0.2, 0.25) is 0 Å². The fraction of sp³-hybridized carbons (Fsp3) is 0.385. The third-order valence-electron chi connectivity index (χ3n) is 2.80. The van der Waals surface area contributed by atoms with Crippen LogP contribution >= 0.6 is 15.9 Å². The van der Waals surface area contributed by atoms with Gasteiger partial charge in [0, 0.05) is 12.0 Å². The second kappa shape index (κ2) is 6.16. The number of nitrogens with zero attached hydrogens (tertiary/aromatic N) is 2. The van der Waals surface area contributed by atoms with E-state index >= 15 is 0 Å². The predicted octanol–water partition coefficient (Wildman–Crippen LogP) is 2.65. The van der Waals surface area contributed by atoms with E-state index < -0.39 is 0 Å². The van der Waals surface area contributed by atoms with Crippen LogP contribution in [0, 0.1) is 5.92 Å². The van der Waals surface area contributed by atoms with Crippen molar-refractivity contribution in [2.45, 2.75) is 13.3 Å². The van der Waals surface area contributed by atoms with Gasteiger partial charge < -0.3 is 15.0 Å². The van der Waals surface area contributed by atoms with E-state index in [1.165, 1.54) is 0 Å². The highest BCUT2D eigenvalue weighted by atomic mass is 79.9. The van der Waals surface area contributed by atoms with Gasteiger partial charge in [0.25, 0.3) is 0 Å². The number of aromatic nitrogens is 2. The Bertz CT molecular complexity index is 557. The molecule has 2 aromatic rings. The molecule has 0 aliphatic carbocycles. The summed E-state index contributed by atoms with van der Waals surface area (Å²) < 4.78 is 11.3. The molecule has 1 aromatic heterocycles. The predicted molar refractivity (Wildman–Crippen MR) is 75.9 cm³/mol. The van der Waals surface area contributed by atoms with E-state index in [0.717, 1.165) is 15.8 Å². The van der Waals surface area contributed by atoms with Gasteiger partial charge in [-0.1, -0.05) is 12.1 Å². The zero-order valence-electron chi connectivity index (χ0n) is 10.9. The third-order valence-corrected chi connectivity index (χ3v) is 3.42. The summed E-state index contributed by atoms with van der Waals surface area (Å²) in [7, 11) is 1.63. The van der Waals surface area contributed by atoms with Crippen LogP contribution in [0.1, 0.15) is 12.8 Å². The lowest BCUT2D eigenvalue weighted by Gasteiger charge is -2.03. The van der Waals surface area contributed by atoms with Crippen LogP contribution in [-0.4, -0.2) is 23.8 Å². The number of hydrogen-bond acceptors (Lipinski definition) is 5. The van der Waals surface area contributed by atoms with Crippen LogP contribution in [0.5, 0.6) is 5.75 Å². The molecule has 0 aliphatic heterocycles. The van der Waals surface area contributed by atoms with Crippen molar-refractivity contribution in [1.29, 1.82) is 0 Å². The number of nitrogens with two attached hydrogens (primary N) is 1. The Labute approximate surface area is 120 Å². The molecule has 0 amide bonds. The first-order chi connectivity index (χ1) is 9.13. The molecule has 1 heterocycles. The number of hydrogen-bond donors (Lipinski definition) is 1. The summed E-state index contributed by atoms with van der Waals surface area (Å²) in [6, 6.07) is 5.66. The van der Waals surface area contributed by atoms with Crippen molar-refractivity contribution in [1.82, 2.24) is 10.1 Å². The molecular formula is C13H16BrN3O2. The van der Waals surface area contributed by atoms with E-state index in [9.17, 15) is 0 Å². The fourth-order valence-corrected chi connectivity index (χ4v) is 2.18. The van der Waals surface area contributed by atoms with Gasteiger partial charge in [0.1, 0.15) is 5.75 Å². The summed E-state index contributed by atoms with van der Waals surface area (Å²) in [5.74, 6) is 2.28. The molecule has 6 heteroatoms. The summed E-state index contributed by atoms with van der Waals surface area (Å²) in [5.41, 5.74) is 6.46. The first kappa shape index (κ1) is 14.0. The standard InChI is InChI=1S/C13H16BrN3O2/c1-8(7-15)5-12-16-13(17-19-12)9-3-4-11(18-2)10(14)6-9/h3-4,6,8H,5,7,15H2,1-2H3. The fourth-order valence-electron chi connectivity index (χ4n) is 1.64. The van der Waals surface area contributed by atoms with Gasteiger partial charge >= 0.3 is 0 Å². The number of methoxy groups -OCH3 is 1. The van der Waals surface area contributed by atoms with Crippen molar-refractivity contribution in [3.8, 4) is 17.1 Å². The molecule has 0 radical (unpaired) electrons. The summed E-state index contributed by atoms with van der Waals surface area (Å²) >= 11 is 3.44. The van der Waals surface area contributed by atoms with Gasteiger partial charge in [0.15, 0.2) is 0 Å². The quantitative estimate of drug-likeness (QED) is 0.914. The minimum Gasteiger partial charge on any atom is -0.496 e. The molecule has 102 valence electrons. The van der Waals surface area contributed by atoms with E-state index in [-0.39, 0.29) is 0 Å². The third kappa shape index (κ3) is 3.33. The topological polar surface area (TPSA) is 74.2 Å².